The van der Waals surface area contributed by atoms with Crippen LogP contribution in [0.25, 0.3) is 0 Å². The molecule has 2 aliphatic rings. The van der Waals surface area contributed by atoms with Gasteiger partial charge < -0.3 is 15.5 Å². The zero-order chi connectivity index (χ0) is 18.9. The quantitative estimate of drug-likeness (QED) is 0.810. The molecule has 2 fully saturated rings. The lowest BCUT2D eigenvalue weighted by molar-refractivity contribution is -0.119. The smallest absolute Gasteiger partial charge is 0.209 e. The first-order chi connectivity index (χ1) is 13.3. The lowest BCUT2D eigenvalue weighted by Crippen LogP contribution is -2.31. The molecule has 0 aromatic heterocycles. The Morgan fingerprint density at radius 2 is 1.59 bits per heavy atom. The molecule has 2 aromatic rings. The first-order valence-corrected chi connectivity index (χ1v) is 10.0. The third-order valence-electron chi connectivity index (χ3n) is 5.68. The molecule has 2 saturated heterocycles. The van der Waals surface area contributed by atoms with Crippen LogP contribution in [0.3, 0.4) is 0 Å². The molecule has 0 radical (unpaired) electrons. The second-order valence-electron chi connectivity index (χ2n) is 7.39. The van der Waals surface area contributed by atoms with E-state index in [4.69, 9.17) is 0 Å². The fraction of sp³-hybridized carbons (Fsp3) is 0.435. The largest absolute Gasteiger partial charge is 0.388 e. The Labute approximate surface area is 163 Å². The minimum atomic E-state index is 0.646. The molecule has 4 heteroatoms. The summed E-state index contributed by atoms with van der Waals surface area (Å²) in [5, 5.41) is 6.51. The van der Waals surface area contributed by atoms with Crippen LogP contribution in [0.4, 0.5) is 5.69 Å². The van der Waals surface area contributed by atoms with Crippen LogP contribution in [0.1, 0.15) is 42.2 Å². The van der Waals surface area contributed by atoms with Crippen molar-refractivity contribution < 1.29 is 4.79 Å². The van der Waals surface area contributed by atoms with Gasteiger partial charge in [0.15, 0.2) is 0 Å². The van der Waals surface area contributed by atoms with E-state index in [0.717, 1.165) is 44.8 Å². The van der Waals surface area contributed by atoms with Crippen LogP contribution in [0.5, 0.6) is 0 Å². The standard InChI is InChI=1S/C12H15NO.C11H16N2/c14-10-13-8-6-12(7-9-13)11-4-2-1-3-5-11;1-12-11-4-2-9(3-5-11)10-6-7-13-8-10/h1-5,10,12H,6-9H2;2-5,10,12-13H,6-8H2,1H3. The molecule has 4 rings (SSSR count). The minimum absolute atomic E-state index is 0.646. The van der Waals surface area contributed by atoms with E-state index in [-0.39, 0.29) is 0 Å². The van der Waals surface area contributed by atoms with Gasteiger partial charge in [-0.25, -0.2) is 0 Å². The first kappa shape index (κ1) is 19.4. The summed E-state index contributed by atoms with van der Waals surface area (Å²) >= 11 is 0. The molecule has 144 valence electrons. The van der Waals surface area contributed by atoms with Crippen molar-refractivity contribution in [2.75, 3.05) is 38.5 Å². The van der Waals surface area contributed by atoms with E-state index in [1.807, 2.05) is 18.0 Å². The van der Waals surface area contributed by atoms with E-state index in [0.29, 0.717) is 5.92 Å². The Balaban J connectivity index is 0.000000156. The number of anilines is 1. The van der Waals surface area contributed by atoms with E-state index in [2.05, 4.69) is 59.2 Å². The molecule has 2 aliphatic heterocycles. The summed E-state index contributed by atoms with van der Waals surface area (Å²) in [4.78, 5) is 12.4. The maximum Gasteiger partial charge on any atom is 0.209 e. The van der Waals surface area contributed by atoms with Gasteiger partial charge in [0.25, 0.3) is 0 Å². The number of piperidine rings is 1. The van der Waals surface area contributed by atoms with Crippen molar-refractivity contribution in [2.45, 2.75) is 31.1 Å². The SMILES string of the molecule is CNc1ccc(C2CCNC2)cc1.O=CN1CCC(c2ccccc2)CC1. The van der Waals surface area contributed by atoms with Crippen LogP contribution in [0.2, 0.25) is 0 Å². The number of nitrogens with one attached hydrogen (secondary N) is 2. The van der Waals surface area contributed by atoms with Gasteiger partial charge in [-0.2, -0.15) is 0 Å². The first-order valence-electron chi connectivity index (χ1n) is 10.0. The third-order valence-corrected chi connectivity index (χ3v) is 5.68. The lowest BCUT2D eigenvalue weighted by Gasteiger charge is -2.29. The van der Waals surface area contributed by atoms with Crippen LogP contribution in [0.15, 0.2) is 54.6 Å². The fourth-order valence-electron chi connectivity index (χ4n) is 3.92. The zero-order valence-corrected chi connectivity index (χ0v) is 16.2. The summed E-state index contributed by atoms with van der Waals surface area (Å²) in [5.41, 5.74) is 4.07. The van der Waals surface area contributed by atoms with Gasteiger partial charge in [0.2, 0.25) is 6.41 Å². The topological polar surface area (TPSA) is 44.4 Å². The molecule has 4 nitrogen and oxygen atoms in total. The Bertz CT molecular complexity index is 673. The Hall–Kier alpha value is -2.33. The molecule has 0 aliphatic carbocycles. The van der Waals surface area contributed by atoms with Crippen molar-refractivity contribution in [3.05, 3.63) is 65.7 Å². The monoisotopic (exact) mass is 365 g/mol. The highest BCUT2D eigenvalue weighted by Crippen LogP contribution is 2.27. The maximum absolute atomic E-state index is 10.5. The van der Waals surface area contributed by atoms with E-state index >= 15 is 0 Å². The van der Waals surface area contributed by atoms with Gasteiger partial charge in [0.05, 0.1) is 0 Å². The molecule has 2 heterocycles. The van der Waals surface area contributed by atoms with Gasteiger partial charge in [-0.15, -0.1) is 0 Å². The maximum atomic E-state index is 10.5. The number of amides is 1. The molecule has 27 heavy (non-hydrogen) atoms. The number of benzene rings is 2. The van der Waals surface area contributed by atoms with Gasteiger partial charge in [-0.3, -0.25) is 4.79 Å². The summed E-state index contributed by atoms with van der Waals surface area (Å²) in [6.45, 7) is 4.11. The van der Waals surface area contributed by atoms with Crippen molar-refractivity contribution in [2.24, 2.45) is 0 Å². The van der Waals surface area contributed by atoms with Gasteiger partial charge >= 0.3 is 0 Å². The predicted molar refractivity (Wildman–Crippen MR) is 112 cm³/mol. The minimum Gasteiger partial charge on any atom is -0.388 e. The van der Waals surface area contributed by atoms with Crippen molar-refractivity contribution in [3.63, 3.8) is 0 Å². The van der Waals surface area contributed by atoms with E-state index in [1.165, 1.54) is 29.8 Å². The highest BCUT2D eigenvalue weighted by molar-refractivity contribution is 5.47. The van der Waals surface area contributed by atoms with Crippen LogP contribution >= 0.6 is 0 Å². The number of hydrogen-bond donors (Lipinski definition) is 2. The van der Waals surface area contributed by atoms with E-state index in [9.17, 15) is 4.79 Å². The summed E-state index contributed by atoms with van der Waals surface area (Å²) in [7, 11) is 1.95. The number of rotatable bonds is 4. The highest BCUT2D eigenvalue weighted by atomic mass is 16.1. The summed E-state index contributed by atoms with van der Waals surface area (Å²) in [6.07, 6.45) is 4.44. The molecule has 1 amide bonds. The number of nitrogens with zero attached hydrogens (tertiary/aromatic N) is 1. The number of likely N-dealkylation sites (tertiary alicyclic amines) is 1. The van der Waals surface area contributed by atoms with Crippen molar-refractivity contribution >= 4 is 12.1 Å². The molecule has 0 bridgehead atoms. The average molecular weight is 366 g/mol. The van der Waals surface area contributed by atoms with Crippen LogP contribution in [-0.4, -0.2) is 44.5 Å². The van der Waals surface area contributed by atoms with Gasteiger partial charge in [0, 0.05) is 32.4 Å². The second kappa shape index (κ2) is 10.1. The number of carbonyl (C=O) groups excluding carboxylic acids is 1. The molecule has 0 saturated carbocycles. The summed E-state index contributed by atoms with van der Waals surface area (Å²) in [6, 6.07) is 19.3. The summed E-state index contributed by atoms with van der Waals surface area (Å²) in [5.74, 6) is 1.37. The van der Waals surface area contributed by atoms with Crippen LogP contribution < -0.4 is 10.6 Å². The molecular weight excluding hydrogens is 334 g/mol. The van der Waals surface area contributed by atoms with Gasteiger partial charge in [-0.1, -0.05) is 42.5 Å². The Morgan fingerprint density at radius 3 is 2.15 bits per heavy atom. The predicted octanol–water partition coefficient (Wildman–Crippen LogP) is 3.83. The van der Waals surface area contributed by atoms with Crippen LogP contribution in [-0.2, 0) is 4.79 Å². The molecule has 1 unspecified atom stereocenters. The number of hydrogen-bond acceptors (Lipinski definition) is 3. The van der Waals surface area contributed by atoms with Crippen molar-refractivity contribution in [1.82, 2.24) is 10.2 Å². The van der Waals surface area contributed by atoms with Gasteiger partial charge in [0.1, 0.15) is 0 Å². The van der Waals surface area contributed by atoms with Crippen molar-refractivity contribution in [3.8, 4) is 0 Å². The fourth-order valence-corrected chi connectivity index (χ4v) is 3.92. The average Bonchev–Trinajstić information content (AvgIpc) is 3.30. The Kier molecular flexibility index (Phi) is 7.28. The zero-order valence-electron chi connectivity index (χ0n) is 16.2. The number of carbonyl (C=O) groups is 1. The lowest BCUT2D eigenvalue weighted by atomic mass is 9.90. The second-order valence-corrected chi connectivity index (χ2v) is 7.39. The van der Waals surface area contributed by atoms with Crippen LogP contribution in [0, 0.1) is 0 Å². The normalized spacial score (nSPS) is 19.9. The van der Waals surface area contributed by atoms with Crippen molar-refractivity contribution in [1.29, 1.82) is 0 Å². The molecule has 2 aromatic carbocycles. The third kappa shape index (κ3) is 5.57. The van der Waals surface area contributed by atoms with E-state index in [1.54, 1.807) is 0 Å². The summed E-state index contributed by atoms with van der Waals surface area (Å²) < 4.78 is 0. The van der Waals surface area contributed by atoms with E-state index < -0.39 is 0 Å². The Morgan fingerprint density at radius 1 is 0.926 bits per heavy atom. The van der Waals surface area contributed by atoms with Gasteiger partial charge in [-0.05, 0) is 60.9 Å². The molecule has 0 spiro atoms. The molecule has 1 atom stereocenters. The highest BCUT2D eigenvalue weighted by Gasteiger charge is 2.19. The molecular formula is C23H31N3O. The molecule has 2 N–H and O–H groups in total.